The number of aliphatic hydroxyl groups excluding tert-OH is 1. The van der Waals surface area contributed by atoms with E-state index >= 15 is 0 Å². The standard InChI is InChI=1S/C13H18N2O3/c1-14(8-9-16)12(17)13(18)15(2)10-11-6-4-3-5-7-11/h3-7,16H,8-10H2,1-2H3. The summed E-state index contributed by atoms with van der Waals surface area (Å²) in [4.78, 5) is 26.1. The fourth-order valence-corrected chi connectivity index (χ4v) is 1.51. The molecule has 0 aliphatic carbocycles. The third kappa shape index (κ3) is 3.85. The molecule has 1 aromatic carbocycles. The fraction of sp³-hybridized carbons (Fsp3) is 0.385. The molecule has 0 aliphatic rings. The highest BCUT2D eigenvalue weighted by molar-refractivity contribution is 6.34. The molecule has 0 saturated carbocycles. The van der Waals surface area contributed by atoms with Crippen molar-refractivity contribution >= 4 is 11.8 Å². The van der Waals surface area contributed by atoms with Crippen LogP contribution in [0.5, 0.6) is 0 Å². The van der Waals surface area contributed by atoms with Crippen LogP contribution in [0.15, 0.2) is 30.3 Å². The quantitative estimate of drug-likeness (QED) is 0.771. The van der Waals surface area contributed by atoms with Gasteiger partial charge in [0.25, 0.3) is 0 Å². The average Bonchev–Trinajstić information content (AvgIpc) is 2.38. The van der Waals surface area contributed by atoms with Gasteiger partial charge in [0.05, 0.1) is 6.61 Å². The molecule has 0 saturated heterocycles. The number of nitrogens with zero attached hydrogens (tertiary/aromatic N) is 2. The molecule has 98 valence electrons. The second kappa shape index (κ2) is 6.76. The van der Waals surface area contributed by atoms with Crippen molar-refractivity contribution in [3.05, 3.63) is 35.9 Å². The molecular formula is C13H18N2O3. The maximum Gasteiger partial charge on any atom is 0.312 e. The maximum absolute atomic E-state index is 11.8. The van der Waals surface area contributed by atoms with Crippen LogP contribution < -0.4 is 0 Å². The highest BCUT2D eigenvalue weighted by atomic mass is 16.3. The van der Waals surface area contributed by atoms with Crippen molar-refractivity contribution in [2.75, 3.05) is 27.2 Å². The van der Waals surface area contributed by atoms with Crippen molar-refractivity contribution in [3.8, 4) is 0 Å². The van der Waals surface area contributed by atoms with Gasteiger partial charge < -0.3 is 14.9 Å². The van der Waals surface area contributed by atoms with Crippen molar-refractivity contribution in [2.45, 2.75) is 6.54 Å². The number of hydrogen-bond donors (Lipinski definition) is 1. The minimum Gasteiger partial charge on any atom is -0.395 e. The molecule has 0 heterocycles. The molecule has 1 aromatic rings. The Morgan fingerprint density at radius 2 is 1.61 bits per heavy atom. The second-order valence-corrected chi connectivity index (χ2v) is 4.10. The summed E-state index contributed by atoms with van der Waals surface area (Å²) in [7, 11) is 3.08. The van der Waals surface area contributed by atoms with E-state index in [2.05, 4.69) is 0 Å². The zero-order valence-electron chi connectivity index (χ0n) is 10.7. The van der Waals surface area contributed by atoms with Crippen LogP contribution >= 0.6 is 0 Å². The molecule has 0 atom stereocenters. The van der Waals surface area contributed by atoms with Gasteiger partial charge in [-0.25, -0.2) is 0 Å². The summed E-state index contributed by atoms with van der Waals surface area (Å²) in [5.41, 5.74) is 0.964. The summed E-state index contributed by atoms with van der Waals surface area (Å²) in [5, 5.41) is 8.72. The summed E-state index contributed by atoms with van der Waals surface area (Å²) in [6.45, 7) is 0.389. The summed E-state index contributed by atoms with van der Waals surface area (Å²) < 4.78 is 0. The molecule has 5 heteroatoms. The molecule has 0 spiro atoms. The fourth-order valence-electron chi connectivity index (χ4n) is 1.51. The van der Waals surface area contributed by atoms with Crippen molar-refractivity contribution < 1.29 is 14.7 Å². The third-order valence-corrected chi connectivity index (χ3v) is 2.57. The number of hydrogen-bond acceptors (Lipinski definition) is 3. The van der Waals surface area contributed by atoms with Gasteiger partial charge in [0.1, 0.15) is 0 Å². The number of rotatable bonds is 4. The number of likely N-dealkylation sites (N-methyl/N-ethyl adjacent to an activating group) is 2. The van der Waals surface area contributed by atoms with Gasteiger partial charge in [0.15, 0.2) is 0 Å². The highest BCUT2D eigenvalue weighted by Crippen LogP contribution is 2.03. The van der Waals surface area contributed by atoms with Crippen LogP contribution in [-0.2, 0) is 16.1 Å². The zero-order chi connectivity index (χ0) is 13.5. The van der Waals surface area contributed by atoms with Gasteiger partial charge in [-0.2, -0.15) is 0 Å². The smallest absolute Gasteiger partial charge is 0.312 e. The topological polar surface area (TPSA) is 60.9 Å². The van der Waals surface area contributed by atoms with E-state index in [-0.39, 0.29) is 13.2 Å². The van der Waals surface area contributed by atoms with Crippen LogP contribution in [0.25, 0.3) is 0 Å². The van der Waals surface area contributed by atoms with E-state index in [4.69, 9.17) is 5.11 Å². The van der Waals surface area contributed by atoms with Crippen LogP contribution in [-0.4, -0.2) is 54.0 Å². The monoisotopic (exact) mass is 250 g/mol. The molecule has 0 bridgehead atoms. The normalized spacial score (nSPS) is 9.94. The van der Waals surface area contributed by atoms with Crippen molar-refractivity contribution in [1.29, 1.82) is 0 Å². The molecule has 5 nitrogen and oxygen atoms in total. The number of carbonyl (C=O) groups is 2. The number of amides is 2. The van der Waals surface area contributed by atoms with E-state index in [1.165, 1.54) is 16.8 Å². The van der Waals surface area contributed by atoms with Gasteiger partial charge >= 0.3 is 11.8 Å². The van der Waals surface area contributed by atoms with Crippen molar-refractivity contribution in [1.82, 2.24) is 9.80 Å². The lowest BCUT2D eigenvalue weighted by molar-refractivity contribution is -0.150. The van der Waals surface area contributed by atoms with Crippen molar-refractivity contribution in [2.24, 2.45) is 0 Å². The van der Waals surface area contributed by atoms with Crippen LogP contribution in [0.1, 0.15) is 5.56 Å². The third-order valence-electron chi connectivity index (χ3n) is 2.57. The molecule has 2 amide bonds. The first kappa shape index (κ1) is 14.2. The Morgan fingerprint density at radius 3 is 2.17 bits per heavy atom. The SMILES string of the molecule is CN(CCO)C(=O)C(=O)N(C)Cc1ccccc1. The maximum atomic E-state index is 11.8. The molecule has 18 heavy (non-hydrogen) atoms. The summed E-state index contributed by atoms with van der Waals surface area (Å²) >= 11 is 0. The lowest BCUT2D eigenvalue weighted by Crippen LogP contribution is -2.42. The van der Waals surface area contributed by atoms with Crippen LogP contribution in [0.4, 0.5) is 0 Å². The first-order chi connectivity index (χ1) is 8.56. The molecule has 0 unspecified atom stereocenters. The highest BCUT2D eigenvalue weighted by Gasteiger charge is 2.22. The predicted molar refractivity (Wildman–Crippen MR) is 67.6 cm³/mol. The minimum absolute atomic E-state index is 0.155. The van der Waals surface area contributed by atoms with Crippen LogP contribution in [0.2, 0.25) is 0 Å². The Balaban J connectivity index is 2.59. The second-order valence-electron chi connectivity index (χ2n) is 4.10. The number of carbonyl (C=O) groups excluding carboxylic acids is 2. The van der Waals surface area contributed by atoms with E-state index in [0.717, 1.165) is 5.56 Å². The molecule has 0 aliphatic heterocycles. The lowest BCUT2D eigenvalue weighted by Gasteiger charge is -2.20. The molecule has 0 fully saturated rings. The van der Waals surface area contributed by atoms with Gasteiger partial charge in [0.2, 0.25) is 0 Å². The lowest BCUT2D eigenvalue weighted by atomic mass is 10.2. The largest absolute Gasteiger partial charge is 0.395 e. The Labute approximate surface area is 107 Å². The summed E-state index contributed by atoms with van der Waals surface area (Å²) in [6.07, 6.45) is 0. The van der Waals surface area contributed by atoms with Gasteiger partial charge in [0, 0.05) is 27.2 Å². The Kier molecular flexibility index (Phi) is 5.32. The van der Waals surface area contributed by atoms with Gasteiger partial charge in [-0.1, -0.05) is 30.3 Å². The van der Waals surface area contributed by atoms with E-state index in [9.17, 15) is 9.59 Å². The first-order valence-electron chi connectivity index (χ1n) is 5.71. The molecule has 1 rings (SSSR count). The van der Waals surface area contributed by atoms with E-state index in [1.807, 2.05) is 30.3 Å². The minimum atomic E-state index is -0.609. The number of aliphatic hydroxyl groups is 1. The van der Waals surface area contributed by atoms with E-state index in [1.54, 1.807) is 7.05 Å². The Bertz CT molecular complexity index is 406. The average molecular weight is 250 g/mol. The molecular weight excluding hydrogens is 232 g/mol. The van der Waals surface area contributed by atoms with Gasteiger partial charge in [-0.3, -0.25) is 9.59 Å². The van der Waals surface area contributed by atoms with Crippen LogP contribution in [0, 0.1) is 0 Å². The first-order valence-corrected chi connectivity index (χ1v) is 5.71. The van der Waals surface area contributed by atoms with Crippen molar-refractivity contribution in [3.63, 3.8) is 0 Å². The molecule has 0 aromatic heterocycles. The summed E-state index contributed by atoms with van der Waals surface area (Å²) in [6, 6.07) is 9.45. The molecule has 1 N–H and O–H groups in total. The Hall–Kier alpha value is -1.88. The van der Waals surface area contributed by atoms with Crippen LogP contribution in [0.3, 0.4) is 0 Å². The Morgan fingerprint density at radius 1 is 1.06 bits per heavy atom. The number of benzene rings is 1. The predicted octanol–water partition coefficient (Wildman–Crippen LogP) is 0.0957. The van der Waals surface area contributed by atoms with Gasteiger partial charge in [-0.15, -0.1) is 0 Å². The summed E-state index contributed by atoms with van der Waals surface area (Å²) in [5.74, 6) is -1.18. The molecule has 0 radical (unpaired) electrons. The zero-order valence-corrected chi connectivity index (χ0v) is 10.7. The van der Waals surface area contributed by atoms with E-state index in [0.29, 0.717) is 6.54 Å². The van der Waals surface area contributed by atoms with Gasteiger partial charge in [-0.05, 0) is 5.56 Å². The van der Waals surface area contributed by atoms with E-state index < -0.39 is 11.8 Å².